The molecule has 1 fully saturated rings. The maximum atomic E-state index is 14.4. The van der Waals surface area contributed by atoms with E-state index in [0.29, 0.717) is 17.9 Å². The smallest absolute Gasteiger partial charge is 0.179 e. The van der Waals surface area contributed by atoms with E-state index in [-0.39, 0.29) is 16.6 Å². The summed E-state index contributed by atoms with van der Waals surface area (Å²) in [4.78, 5) is 8.48. The highest BCUT2D eigenvalue weighted by molar-refractivity contribution is 6.23. The quantitative estimate of drug-likeness (QED) is 0.456. The molecule has 1 aliphatic rings. The van der Waals surface area contributed by atoms with Gasteiger partial charge in [0.1, 0.15) is 11.5 Å². The Morgan fingerprint density at radius 1 is 1.10 bits per heavy atom. The van der Waals surface area contributed by atoms with Gasteiger partial charge in [-0.25, -0.2) is 14.4 Å². The maximum Gasteiger partial charge on any atom is 0.179 e. The second-order valence-corrected chi connectivity index (χ2v) is 9.46. The molecule has 2 atom stereocenters. The number of rotatable bonds is 4. The molecule has 30 heavy (non-hydrogen) atoms. The molecule has 4 rings (SSSR count). The number of alkyl halides is 1. The fourth-order valence-electron chi connectivity index (χ4n) is 4.42. The predicted molar refractivity (Wildman–Crippen MR) is 118 cm³/mol. The number of hydrogen-bond donors (Lipinski definition) is 0. The third-order valence-electron chi connectivity index (χ3n) is 5.97. The van der Waals surface area contributed by atoms with Crippen LogP contribution in [0.4, 0.5) is 4.39 Å². The van der Waals surface area contributed by atoms with E-state index in [0.717, 1.165) is 30.7 Å². The largest absolute Gasteiger partial charge is 0.264 e. The van der Waals surface area contributed by atoms with Crippen LogP contribution < -0.4 is 0 Å². The van der Waals surface area contributed by atoms with Crippen molar-refractivity contribution in [3.8, 4) is 11.5 Å². The van der Waals surface area contributed by atoms with Crippen molar-refractivity contribution in [3.63, 3.8) is 0 Å². The zero-order chi connectivity index (χ0) is 21.0. The van der Waals surface area contributed by atoms with Gasteiger partial charge in [0.05, 0.1) is 6.54 Å². The average molecular weight is 427 g/mol. The van der Waals surface area contributed by atoms with E-state index in [2.05, 4.69) is 23.0 Å². The van der Waals surface area contributed by atoms with Crippen molar-refractivity contribution in [3.05, 3.63) is 65.9 Å². The lowest BCUT2D eigenvalue weighted by Crippen LogP contribution is -2.22. The highest BCUT2D eigenvalue weighted by Gasteiger charge is 2.30. The lowest BCUT2D eigenvalue weighted by Gasteiger charge is -2.27. The first kappa shape index (κ1) is 21.0. The Hall–Kier alpha value is -2.27. The molecule has 1 aliphatic carbocycles. The molecule has 0 spiro atoms. The fourth-order valence-corrected chi connectivity index (χ4v) is 4.74. The maximum absolute atomic E-state index is 14.4. The van der Waals surface area contributed by atoms with Gasteiger partial charge in [0, 0.05) is 34.4 Å². The minimum Gasteiger partial charge on any atom is -0.264 e. The number of hydrogen-bond acceptors (Lipinski definition) is 3. The van der Waals surface area contributed by atoms with Crippen LogP contribution in [0, 0.1) is 5.82 Å². The molecule has 3 aromatic rings. The molecule has 1 aromatic carbocycles. The van der Waals surface area contributed by atoms with E-state index in [4.69, 9.17) is 16.7 Å². The number of nitrogens with zero attached hydrogens (tertiary/aromatic N) is 4. The van der Waals surface area contributed by atoms with Gasteiger partial charge in [0.2, 0.25) is 0 Å². The summed E-state index contributed by atoms with van der Waals surface area (Å²) in [6.45, 7) is 2.52. The summed E-state index contributed by atoms with van der Waals surface area (Å²) in [5.74, 6) is 0.637. The summed E-state index contributed by atoms with van der Waals surface area (Å²) < 4.78 is 16.3. The zero-order valence-electron chi connectivity index (χ0n) is 17.4. The Bertz CT molecular complexity index is 970. The van der Waals surface area contributed by atoms with Crippen LogP contribution in [-0.2, 0) is 6.54 Å². The summed E-state index contributed by atoms with van der Waals surface area (Å²) in [7, 11) is 0. The van der Waals surface area contributed by atoms with Crippen LogP contribution in [0.15, 0.2) is 48.8 Å². The lowest BCUT2D eigenvalue weighted by molar-refractivity contribution is 0.435. The van der Waals surface area contributed by atoms with Crippen LogP contribution >= 0.6 is 11.6 Å². The highest BCUT2D eigenvalue weighted by atomic mass is 35.5. The van der Waals surface area contributed by atoms with Gasteiger partial charge in [-0.15, -0.1) is 11.6 Å². The topological polar surface area (TPSA) is 43.6 Å². The van der Waals surface area contributed by atoms with E-state index in [1.165, 1.54) is 31.7 Å². The molecule has 4 nitrogen and oxygen atoms in total. The number of benzene rings is 1. The van der Waals surface area contributed by atoms with E-state index in [1.54, 1.807) is 24.5 Å². The second kappa shape index (κ2) is 9.25. The van der Waals surface area contributed by atoms with Gasteiger partial charge in [0.15, 0.2) is 5.82 Å². The number of aromatic nitrogens is 4. The zero-order valence-corrected chi connectivity index (χ0v) is 18.2. The van der Waals surface area contributed by atoms with Gasteiger partial charge in [0.25, 0.3) is 0 Å². The van der Waals surface area contributed by atoms with Crippen molar-refractivity contribution in [2.45, 2.75) is 69.2 Å². The molecule has 0 aliphatic heterocycles. The third kappa shape index (κ3) is 5.07. The Kier molecular flexibility index (Phi) is 6.47. The molecule has 1 saturated carbocycles. The molecule has 158 valence electrons. The fraction of sp³-hybridized carbons (Fsp3) is 0.458. The van der Waals surface area contributed by atoms with Gasteiger partial charge >= 0.3 is 0 Å². The van der Waals surface area contributed by atoms with Crippen LogP contribution in [-0.4, -0.2) is 24.6 Å². The molecule has 0 radical (unpaired) electrons. The van der Waals surface area contributed by atoms with Crippen LogP contribution in [0.5, 0.6) is 0 Å². The molecule has 6 heteroatoms. The van der Waals surface area contributed by atoms with Crippen LogP contribution in [0.25, 0.3) is 11.5 Å². The van der Waals surface area contributed by atoms with Crippen molar-refractivity contribution in [1.82, 2.24) is 19.7 Å². The molecular formula is C24H28ClFN4. The summed E-state index contributed by atoms with van der Waals surface area (Å²) in [5, 5.41) is 4.80. The van der Waals surface area contributed by atoms with Crippen molar-refractivity contribution in [2.24, 2.45) is 0 Å². The van der Waals surface area contributed by atoms with Gasteiger partial charge in [-0.05, 0) is 44.4 Å². The van der Waals surface area contributed by atoms with Gasteiger partial charge in [-0.1, -0.05) is 43.9 Å². The van der Waals surface area contributed by atoms with E-state index < -0.39 is 0 Å². The van der Waals surface area contributed by atoms with E-state index in [1.807, 2.05) is 16.8 Å². The summed E-state index contributed by atoms with van der Waals surface area (Å²) >= 11 is 6.91. The molecule has 0 N–H and O–H groups in total. The Morgan fingerprint density at radius 2 is 1.87 bits per heavy atom. The van der Waals surface area contributed by atoms with Crippen molar-refractivity contribution in [2.75, 3.05) is 0 Å². The van der Waals surface area contributed by atoms with Crippen molar-refractivity contribution < 1.29 is 4.39 Å². The summed E-state index contributed by atoms with van der Waals surface area (Å²) in [6.07, 6.45) is 11.2. The van der Waals surface area contributed by atoms with Gasteiger partial charge in [-0.2, -0.15) is 5.10 Å². The minimum atomic E-state index is -0.245. The first-order chi connectivity index (χ1) is 14.5. The molecule has 0 bridgehead atoms. The number of halogens is 2. The molecule has 2 unspecified atom stereocenters. The monoisotopic (exact) mass is 426 g/mol. The summed E-state index contributed by atoms with van der Waals surface area (Å²) in [5.41, 5.74) is 2.44. The van der Waals surface area contributed by atoms with E-state index >= 15 is 0 Å². The molecule has 2 heterocycles. The van der Waals surface area contributed by atoms with Crippen LogP contribution in [0.1, 0.15) is 69.0 Å². The van der Waals surface area contributed by atoms with Crippen molar-refractivity contribution in [1.29, 1.82) is 0 Å². The van der Waals surface area contributed by atoms with Gasteiger partial charge < -0.3 is 0 Å². The SMILES string of the molecule is CC1(Cl)CCCCCCC(c2cc(-c3ncccn3)nn2Cc2ccccc2F)C1. The first-order valence-corrected chi connectivity index (χ1v) is 11.2. The van der Waals surface area contributed by atoms with Gasteiger partial charge in [-0.3, -0.25) is 4.68 Å². The average Bonchev–Trinajstić information content (AvgIpc) is 3.18. The standard InChI is InChI=1S/C24H28ClFN4/c1-24(25)12-7-3-2-4-9-18(16-24)22-15-21(23-27-13-8-14-28-23)29-30(22)17-19-10-5-6-11-20(19)26/h5-6,8,10-11,13-15,18H,2-4,7,9,12,16-17H2,1H3. The third-order valence-corrected chi connectivity index (χ3v) is 6.32. The lowest BCUT2D eigenvalue weighted by atomic mass is 9.87. The Balaban J connectivity index is 1.74. The predicted octanol–water partition coefficient (Wildman–Crippen LogP) is 6.35. The molecule has 2 aromatic heterocycles. The normalized spacial score (nSPS) is 22.8. The van der Waals surface area contributed by atoms with Crippen LogP contribution in [0.3, 0.4) is 0 Å². The van der Waals surface area contributed by atoms with E-state index in [9.17, 15) is 4.39 Å². The minimum absolute atomic E-state index is 0.215. The van der Waals surface area contributed by atoms with Crippen molar-refractivity contribution >= 4 is 11.6 Å². The first-order valence-electron chi connectivity index (χ1n) is 10.8. The Morgan fingerprint density at radius 3 is 2.67 bits per heavy atom. The molecule has 0 amide bonds. The van der Waals surface area contributed by atoms with Crippen LogP contribution in [0.2, 0.25) is 0 Å². The Labute approximate surface area is 182 Å². The second-order valence-electron chi connectivity index (χ2n) is 8.54. The molecule has 0 saturated heterocycles. The summed E-state index contributed by atoms with van der Waals surface area (Å²) in [6, 6.07) is 10.7. The highest BCUT2D eigenvalue weighted by Crippen LogP contribution is 2.39. The molecular weight excluding hydrogens is 399 g/mol.